The van der Waals surface area contributed by atoms with Gasteiger partial charge in [0.05, 0.1) is 0 Å². The normalized spacial score (nSPS) is 10.2. The quantitative estimate of drug-likeness (QED) is 0.561. The number of hydrogen-bond donors (Lipinski definition) is 0. The molecule has 1 aromatic carbocycles. The minimum absolute atomic E-state index is 1.15. The average Bonchev–Trinajstić information content (AvgIpc) is 2.09. The highest BCUT2D eigenvalue weighted by atomic mass is 79.9. The van der Waals surface area contributed by atoms with Gasteiger partial charge in [-0.25, -0.2) is 0 Å². The second kappa shape index (κ2) is 5.65. The molecule has 0 N–H and O–H groups in total. The van der Waals surface area contributed by atoms with Gasteiger partial charge in [-0.1, -0.05) is 29.3 Å². The standard InChI is InChI=1S/C10H13BrS/c1-2-3-8-12-10-6-4-9(11)5-7-10/h4-7H,2-3,8H2,1H3. The smallest absolute Gasteiger partial charge is 0.0176 e. The van der Waals surface area contributed by atoms with Crippen molar-refractivity contribution in [1.29, 1.82) is 0 Å². The topological polar surface area (TPSA) is 0 Å². The van der Waals surface area contributed by atoms with Crippen LogP contribution in [0.3, 0.4) is 0 Å². The van der Waals surface area contributed by atoms with Crippen LogP contribution in [0.4, 0.5) is 0 Å². The third-order valence-electron chi connectivity index (χ3n) is 1.58. The molecule has 0 saturated carbocycles. The summed E-state index contributed by atoms with van der Waals surface area (Å²) in [5, 5.41) is 0. The first-order valence-electron chi connectivity index (χ1n) is 4.21. The SMILES string of the molecule is CCCCSc1ccc(Br)cc1. The van der Waals surface area contributed by atoms with Crippen LogP contribution >= 0.6 is 27.7 Å². The first-order valence-corrected chi connectivity index (χ1v) is 5.99. The molecule has 0 heterocycles. The van der Waals surface area contributed by atoms with Crippen molar-refractivity contribution < 1.29 is 0 Å². The Kier molecular flexibility index (Phi) is 4.77. The molecule has 0 aromatic heterocycles. The fraction of sp³-hybridized carbons (Fsp3) is 0.400. The molecule has 0 nitrogen and oxygen atoms in total. The molecule has 0 unspecified atom stereocenters. The largest absolute Gasteiger partial charge is 0.126 e. The van der Waals surface area contributed by atoms with E-state index in [0.29, 0.717) is 0 Å². The molecule has 0 atom stereocenters. The van der Waals surface area contributed by atoms with Crippen molar-refractivity contribution >= 4 is 27.7 Å². The maximum Gasteiger partial charge on any atom is 0.0176 e. The zero-order chi connectivity index (χ0) is 8.81. The van der Waals surface area contributed by atoms with E-state index < -0.39 is 0 Å². The highest BCUT2D eigenvalue weighted by molar-refractivity contribution is 9.10. The summed E-state index contributed by atoms with van der Waals surface area (Å²) in [5.74, 6) is 1.23. The lowest BCUT2D eigenvalue weighted by Crippen LogP contribution is -1.77. The van der Waals surface area contributed by atoms with Crippen molar-refractivity contribution in [2.75, 3.05) is 5.75 Å². The van der Waals surface area contributed by atoms with Crippen LogP contribution in [0.15, 0.2) is 33.6 Å². The van der Waals surface area contributed by atoms with E-state index in [1.165, 1.54) is 23.5 Å². The molecule has 0 radical (unpaired) electrons. The molecule has 0 spiro atoms. The Morgan fingerprint density at radius 2 is 1.92 bits per heavy atom. The average molecular weight is 245 g/mol. The van der Waals surface area contributed by atoms with Crippen LogP contribution in [0.5, 0.6) is 0 Å². The predicted molar refractivity (Wildman–Crippen MR) is 59.8 cm³/mol. The number of unbranched alkanes of at least 4 members (excludes halogenated alkanes) is 1. The highest BCUT2D eigenvalue weighted by Crippen LogP contribution is 2.21. The van der Waals surface area contributed by atoms with Crippen molar-refractivity contribution in [2.24, 2.45) is 0 Å². The van der Waals surface area contributed by atoms with Gasteiger partial charge in [0.25, 0.3) is 0 Å². The van der Waals surface area contributed by atoms with Gasteiger partial charge in [0.15, 0.2) is 0 Å². The van der Waals surface area contributed by atoms with Gasteiger partial charge in [0, 0.05) is 9.37 Å². The van der Waals surface area contributed by atoms with E-state index in [9.17, 15) is 0 Å². The zero-order valence-corrected chi connectivity index (χ0v) is 9.62. The number of benzene rings is 1. The second-order valence-electron chi connectivity index (χ2n) is 2.66. The third-order valence-corrected chi connectivity index (χ3v) is 3.21. The Labute approximate surface area is 86.9 Å². The van der Waals surface area contributed by atoms with Gasteiger partial charge in [-0.3, -0.25) is 0 Å². The molecular weight excluding hydrogens is 232 g/mol. The van der Waals surface area contributed by atoms with Gasteiger partial charge >= 0.3 is 0 Å². The minimum atomic E-state index is 1.15. The van der Waals surface area contributed by atoms with E-state index in [1.807, 2.05) is 11.8 Å². The van der Waals surface area contributed by atoms with Crippen LogP contribution in [0.25, 0.3) is 0 Å². The Bertz CT molecular complexity index is 218. The van der Waals surface area contributed by atoms with Crippen molar-refractivity contribution in [1.82, 2.24) is 0 Å². The summed E-state index contributed by atoms with van der Waals surface area (Å²) in [5.41, 5.74) is 0. The van der Waals surface area contributed by atoms with E-state index in [-0.39, 0.29) is 0 Å². The summed E-state index contributed by atoms with van der Waals surface area (Å²) in [4.78, 5) is 1.37. The molecule has 0 aliphatic carbocycles. The lowest BCUT2D eigenvalue weighted by atomic mass is 10.4. The van der Waals surface area contributed by atoms with Gasteiger partial charge in [-0.15, -0.1) is 11.8 Å². The molecule has 0 saturated heterocycles. The molecular formula is C10H13BrS. The minimum Gasteiger partial charge on any atom is -0.126 e. The number of hydrogen-bond acceptors (Lipinski definition) is 1. The summed E-state index contributed by atoms with van der Waals surface area (Å²) in [6.45, 7) is 2.22. The van der Waals surface area contributed by atoms with E-state index in [2.05, 4.69) is 47.1 Å². The zero-order valence-electron chi connectivity index (χ0n) is 7.22. The number of halogens is 1. The number of rotatable bonds is 4. The number of thioether (sulfide) groups is 1. The summed E-state index contributed by atoms with van der Waals surface area (Å²) in [7, 11) is 0. The van der Waals surface area contributed by atoms with Crippen molar-refractivity contribution in [3.8, 4) is 0 Å². The van der Waals surface area contributed by atoms with E-state index in [0.717, 1.165) is 4.47 Å². The molecule has 1 rings (SSSR count). The van der Waals surface area contributed by atoms with E-state index >= 15 is 0 Å². The maximum atomic E-state index is 3.42. The molecule has 0 aliphatic rings. The fourth-order valence-corrected chi connectivity index (χ4v) is 2.13. The summed E-state index contributed by atoms with van der Waals surface area (Å²) in [6.07, 6.45) is 2.59. The predicted octanol–water partition coefficient (Wildman–Crippen LogP) is 4.34. The highest BCUT2D eigenvalue weighted by Gasteiger charge is 1.92. The lowest BCUT2D eigenvalue weighted by Gasteiger charge is -1.99. The van der Waals surface area contributed by atoms with Gasteiger partial charge in [-0.05, 0) is 36.4 Å². The Morgan fingerprint density at radius 1 is 1.25 bits per heavy atom. The molecule has 1 aromatic rings. The Morgan fingerprint density at radius 3 is 2.50 bits per heavy atom. The van der Waals surface area contributed by atoms with E-state index in [1.54, 1.807) is 0 Å². The molecule has 0 aliphatic heterocycles. The monoisotopic (exact) mass is 244 g/mol. The van der Waals surface area contributed by atoms with Crippen LogP contribution < -0.4 is 0 Å². The van der Waals surface area contributed by atoms with Crippen LogP contribution in [0.2, 0.25) is 0 Å². The molecule has 0 bridgehead atoms. The van der Waals surface area contributed by atoms with Crippen molar-refractivity contribution in [3.63, 3.8) is 0 Å². The lowest BCUT2D eigenvalue weighted by molar-refractivity contribution is 0.896. The Hall–Kier alpha value is 0.0500. The summed E-state index contributed by atoms with van der Waals surface area (Å²) >= 11 is 5.35. The van der Waals surface area contributed by atoms with Crippen molar-refractivity contribution in [3.05, 3.63) is 28.7 Å². The van der Waals surface area contributed by atoms with Crippen LogP contribution in [-0.4, -0.2) is 5.75 Å². The molecule has 0 fully saturated rings. The first kappa shape index (κ1) is 10.1. The summed E-state index contributed by atoms with van der Waals surface area (Å²) < 4.78 is 1.15. The molecule has 12 heavy (non-hydrogen) atoms. The molecule has 0 amide bonds. The van der Waals surface area contributed by atoms with Gasteiger partial charge in [0.2, 0.25) is 0 Å². The van der Waals surface area contributed by atoms with Gasteiger partial charge in [0.1, 0.15) is 0 Å². The molecule has 2 heteroatoms. The first-order chi connectivity index (χ1) is 5.83. The fourth-order valence-electron chi connectivity index (χ4n) is 0.865. The second-order valence-corrected chi connectivity index (χ2v) is 4.74. The van der Waals surface area contributed by atoms with Crippen LogP contribution in [0, 0.1) is 0 Å². The Balaban J connectivity index is 2.37. The molecule has 66 valence electrons. The van der Waals surface area contributed by atoms with Crippen LogP contribution in [-0.2, 0) is 0 Å². The van der Waals surface area contributed by atoms with Gasteiger partial charge in [-0.2, -0.15) is 0 Å². The summed E-state index contributed by atoms with van der Waals surface area (Å²) in [6, 6.07) is 8.50. The van der Waals surface area contributed by atoms with Gasteiger partial charge < -0.3 is 0 Å². The third kappa shape index (κ3) is 3.63. The van der Waals surface area contributed by atoms with E-state index in [4.69, 9.17) is 0 Å². The maximum absolute atomic E-state index is 3.42. The van der Waals surface area contributed by atoms with Crippen LogP contribution in [0.1, 0.15) is 19.8 Å². The van der Waals surface area contributed by atoms with Crippen molar-refractivity contribution in [2.45, 2.75) is 24.7 Å².